The number of nitrogens with one attached hydrogen (secondary N) is 2. The van der Waals surface area contributed by atoms with Crippen LogP contribution in [-0.4, -0.2) is 34.7 Å². The van der Waals surface area contributed by atoms with Crippen molar-refractivity contribution < 1.29 is 23.5 Å². The van der Waals surface area contributed by atoms with Crippen LogP contribution in [0.15, 0.2) is 36.4 Å². The zero-order valence-electron chi connectivity index (χ0n) is 16.7. The van der Waals surface area contributed by atoms with Gasteiger partial charge in [0, 0.05) is 12.8 Å². The molecule has 0 saturated heterocycles. The van der Waals surface area contributed by atoms with Crippen molar-refractivity contribution in [3.05, 3.63) is 52.0 Å². The van der Waals surface area contributed by atoms with Crippen LogP contribution in [0.3, 0.4) is 0 Å². The van der Waals surface area contributed by atoms with Gasteiger partial charge in [0.25, 0.3) is 0 Å². The lowest BCUT2D eigenvalue weighted by Crippen LogP contribution is -2.64. The van der Waals surface area contributed by atoms with E-state index in [2.05, 4.69) is 10.6 Å². The van der Waals surface area contributed by atoms with E-state index in [1.807, 2.05) is 0 Å². The lowest BCUT2D eigenvalue weighted by molar-refractivity contribution is -0.128. The number of rotatable bonds is 5. The fourth-order valence-corrected chi connectivity index (χ4v) is 4.84. The first-order chi connectivity index (χ1) is 15.0. The molecule has 0 aromatic heterocycles. The van der Waals surface area contributed by atoms with Crippen molar-refractivity contribution in [2.24, 2.45) is 5.73 Å². The molecule has 1 amide bonds. The minimum Gasteiger partial charge on any atom is -0.478 e. The summed E-state index contributed by atoms with van der Waals surface area (Å²) in [5, 5.41) is 16.2. The molecule has 1 fully saturated rings. The number of benzene rings is 2. The fourth-order valence-electron chi connectivity index (χ4n) is 4.33. The van der Waals surface area contributed by atoms with Crippen LogP contribution < -0.4 is 21.3 Å². The first kappa shape index (κ1) is 22.4. The topological polar surface area (TPSA) is 108 Å². The minimum absolute atomic E-state index is 0.0240. The molecule has 5 N–H and O–H groups in total. The number of carbonyl (C=O) groups is 2. The van der Waals surface area contributed by atoms with Crippen molar-refractivity contribution >= 4 is 52.1 Å². The van der Waals surface area contributed by atoms with E-state index >= 15 is 0 Å². The van der Waals surface area contributed by atoms with Crippen LogP contribution in [-0.2, 0) is 4.79 Å². The van der Waals surface area contributed by atoms with E-state index in [0.717, 1.165) is 0 Å². The molecule has 1 aliphatic heterocycles. The third-order valence-electron chi connectivity index (χ3n) is 6.03. The maximum absolute atomic E-state index is 14.0. The van der Waals surface area contributed by atoms with E-state index in [4.69, 9.17) is 28.9 Å². The molecule has 1 atom stereocenters. The highest BCUT2D eigenvalue weighted by Gasteiger charge is 2.54. The molecule has 0 radical (unpaired) electrons. The van der Waals surface area contributed by atoms with E-state index in [1.165, 1.54) is 18.2 Å². The van der Waals surface area contributed by atoms with E-state index in [9.17, 15) is 23.5 Å². The largest absolute Gasteiger partial charge is 0.478 e. The second-order valence-corrected chi connectivity index (χ2v) is 8.76. The maximum Gasteiger partial charge on any atom is 0.335 e. The number of carboxylic acid groups (broad SMARTS) is 1. The molecule has 1 heterocycles. The quantitative estimate of drug-likeness (QED) is 0.487. The standard InChI is InChI=1S/C21H20Cl2F2N4O3/c22-12-2-1-3-13(23)16(12)28-19-27-14-10-11(17(30)31)4-5-15(14)29(19)20(18(26)32)6-8-21(24,25)9-7-20/h1-5,10,19,27-28H,6-9H2,(H2,26,32)(H,30,31). The zero-order valence-corrected chi connectivity index (χ0v) is 18.2. The summed E-state index contributed by atoms with van der Waals surface area (Å²) in [6.07, 6.45) is -2.22. The van der Waals surface area contributed by atoms with Gasteiger partial charge in [0.15, 0.2) is 6.29 Å². The van der Waals surface area contributed by atoms with E-state index < -0.39 is 42.5 Å². The number of nitrogens with zero attached hydrogens (tertiary/aromatic N) is 1. The van der Waals surface area contributed by atoms with Crippen molar-refractivity contribution in [1.82, 2.24) is 0 Å². The SMILES string of the molecule is NC(=O)C1(N2c3ccc(C(=O)O)cc3NC2Nc2c(Cl)cccc2Cl)CCC(F)(F)CC1. The highest BCUT2D eigenvalue weighted by molar-refractivity contribution is 6.39. The molecule has 0 bridgehead atoms. The summed E-state index contributed by atoms with van der Waals surface area (Å²) in [4.78, 5) is 25.8. The molecule has 1 unspecified atom stereocenters. The van der Waals surface area contributed by atoms with Gasteiger partial charge in [-0.15, -0.1) is 0 Å². The third kappa shape index (κ3) is 3.80. The van der Waals surface area contributed by atoms with E-state index in [1.54, 1.807) is 23.1 Å². The van der Waals surface area contributed by atoms with Gasteiger partial charge < -0.3 is 26.4 Å². The molecule has 0 spiro atoms. The first-order valence-electron chi connectivity index (χ1n) is 9.86. The number of para-hydroxylation sites is 1. The van der Waals surface area contributed by atoms with Crippen LogP contribution in [0.2, 0.25) is 10.0 Å². The maximum atomic E-state index is 14.0. The Balaban J connectivity index is 1.81. The number of primary amides is 1. The van der Waals surface area contributed by atoms with Crippen LogP contribution in [0.25, 0.3) is 0 Å². The van der Waals surface area contributed by atoms with Crippen molar-refractivity contribution in [3.63, 3.8) is 0 Å². The number of hydrogen-bond donors (Lipinski definition) is 4. The number of carboxylic acids is 1. The smallest absolute Gasteiger partial charge is 0.335 e. The summed E-state index contributed by atoms with van der Waals surface area (Å²) in [5.41, 5.74) is 5.61. The number of alkyl halides is 2. The predicted molar refractivity (Wildman–Crippen MR) is 119 cm³/mol. The van der Waals surface area contributed by atoms with E-state index in [-0.39, 0.29) is 18.4 Å². The van der Waals surface area contributed by atoms with Crippen molar-refractivity contribution in [3.8, 4) is 0 Å². The number of halogens is 4. The minimum atomic E-state index is -2.89. The van der Waals surface area contributed by atoms with E-state index in [0.29, 0.717) is 27.1 Å². The van der Waals surface area contributed by atoms with Gasteiger partial charge >= 0.3 is 5.97 Å². The Labute approximate surface area is 192 Å². The number of amides is 1. The lowest BCUT2D eigenvalue weighted by Gasteiger charge is -2.47. The molecular formula is C21H20Cl2F2N4O3. The Morgan fingerprint density at radius 1 is 1.12 bits per heavy atom. The van der Waals surface area contributed by atoms with Crippen LogP contribution in [0.5, 0.6) is 0 Å². The molecule has 11 heteroatoms. The normalized spacial score (nSPS) is 20.9. The molecular weight excluding hydrogens is 465 g/mol. The highest BCUT2D eigenvalue weighted by Crippen LogP contribution is 2.48. The third-order valence-corrected chi connectivity index (χ3v) is 6.66. The summed E-state index contributed by atoms with van der Waals surface area (Å²) in [5.74, 6) is -4.77. The van der Waals surface area contributed by atoms with Gasteiger partial charge in [-0.25, -0.2) is 13.6 Å². The highest BCUT2D eigenvalue weighted by atomic mass is 35.5. The van der Waals surface area contributed by atoms with Gasteiger partial charge in [-0.2, -0.15) is 0 Å². The molecule has 2 aliphatic rings. The lowest BCUT2D eigenvalue weighted by atomic mass is 9.77. The molecule has 7 nitrogen and oxygen atoms in total. The Bertz CT molecular complexity index is 1070. The van der Waals surface area contributed by atoms with Gasteiger partial charge in [0.1, 0.15) is 5.54 Å². The van der Waals surface area contributed by atoms with Gasteiger partial charge in [-0.05, 0) is 43.2 Å². The average molecular weight is 485 g/mol. The monoisotopic (exact) mass is 484 g/mol. The Kier molecular flexibility index (Phi) is 5.58. The zero-order chi connectivity index (χ0) is 23.3. The fraction of sp³-hybridized carbons (Fsp3) is 0.333. The molecule has 1 aliphatic carbocycles. The van der Waals surface area contributed by atoms with Crippen molar-refractivity contribution in [2.75, 3.05) is 15.5 Å². The second kappa shape index (κ2) is 7.97. The number of nitrogens with two attached hydrogens (primary N) is 1. The van der Waals surface area contributed by atoms with Crippen molar-refractivity contribution in [2.45, 2.75) is 43.4 Å². The Morgan fingerprint density at radius 2 is 1.75 bits per heavy atom. The number of hydrogen-bond acceptors (Lipinski definition) is 5. The first-order valence-corrected chi connectivity index (χ1v) is 10.6. The van der Waals surface area contributed by atoms with Crippen LogP contribution >= 0.6 is 23.2 Å². The second-order valence-electron chi connectivity index (χ2n) is 7.95. The van der Waals surface area contributed by atoms with Gasteiger partial charge in [-0.3, -0.25) is 4.79 Å². The number of aromatic carboxylic acids is 1. The summed E-state index contributed by atoms with van der Waals surface area (Å²) < 4.78 is 28.0. The Morgan fingerprint density at radius 3 is 2.31 bits per heavy atom. The molecule has 2 aromatic carbocycles. The van der Waals surface area contributed by atoms with Gasteiger partial charge in [0.05, 0.1) is 32.7 Å². The molecule has 170 valence electrons. The number of carbonyl (C=O) groups excluding carboxylic acids is 1. The number of anilines is 3. The summed E-state index contributed by atoms with van der Waals surface area (Å²) in [6, 6.07) is 9.22. The molecule has 4 rings (SSSR count). The summed E-state index contributed by atoms with van der Waals surface area (Å²) in [6.45, 7) is 0. The number of fused-ring (bicyclic) bond motifs is 1. The summed E-state index contributed by atoms with van der Waals surface area (Å²) >= 11 is 12.6. The molecule has 32 heavy (non-hydrogen) atoms. The molecule has 1 saturated carbocycles. The Hall–Kier alpha value is -2.78. The van der Waals surface area contributed by atoms with Crippen LogP contribution in [0, 0.1) is 0 Å². The molecule has 2 aromatic rings. The van der Waals surface area contributed by atoms with Crippen molar-refractivity contribution in [1.29, 1.82) is 0 Å². The summed E-state index contributed by atoms with van der Waals surface area (Å²) in [7, 11) is 0. The van der Waals surface area contributed by atoms with Gasteiger partial charge in [-0.1, -0.05) is 29.3 Å². The van der Waals surface area contributed by atoms with Crippen LogP contribution in [0.1, 0.15) is 36.0 Å². The predicted octanol–water partition coefficient (Wildman–Crippen LogP) is 4.75. The average Bonchev–Trinajstić information content (AvgIpc) is 3.08. The van der Waals surface area contributed by atoms with Gasteiger partial charge in [0.2, 0.25) is 11.8 Å². The van der Waals surface area contributed by atoms with Crippen LogP contribution in [0.4, 0.5) is 25.8 Å².